The SMILES string of the molecule is CC1(C)c2ccccc2-c2ccccc21.CN(c1ccc(-c2cccc3c2oc2ccccc23)cc1)c1cccc(-c2nc(-c3cccc4ccccc34)c3ccccc3n2)c1. The van der Waals surface area contributed by atoms with Gasteiger partial charge in [-0.25, -0.2) is 9.97 Å². The zero-order valence-corrected chi connectivity index (χ0v) is 34.9. The molecule has 0 aliphatic heterocycles. The molecule has 4 nitrogen and oxygen atoms in total. The topological polar surface area (TPSA) is 42.2 Å². The van der Waals surface area contributed by atoms with E-state index in [1.165, 1.54) is 33.0 Å². The summed E-state index contributed by atoms with van der Waals surface area (Å²) >= 11 is 0. The van der Waals surface area contributed by atoms with Gasteiger partial charge in [-0.1, -0.05) is 184 Å². The third kappa shape index (κ3) is 6.31. The van der Waals surface area contributed by atoms with Gasteiger partial charge < -0.3 is 9.32 Å². The Labute approximate surface area is 361 Å². The maximum atomic E-state index is 6.30. The lowest BCUT2D eigenvalue weighted by Gasteiger charge is -2.21. The summed E-state index contributed by atoms with van der Waals surface area (Å²) in [5.74, 6) is 0.705. The molecule has 11 aromatic rings. The monoisotopic (exact) mass is 797 g/mol. The maximum Gasteiger partial charge on any atom is 0.160 e. The lowest BCUT2D eigenvalue weighted by atomic mass is 9.82. The van der Waals surface area contributed by atoms with Gasteiger partial charge in [-0.2, -0.15) is 0 Å². The van der Waals surface area contributed by atoms with Gasteiger partial charge in [-0.15, -0.1) is 0 Å². The van der Waals surface area contributed by atoms with Crippen LogP contribution >= 0.6 is 0 Å². The minimum absolute atomic E-state index is 0.160. The Morgan fingerprint density at radius 1 is 0.435 bits per heavy atom. The standard InChI is InChI=1S/C43H29N3O.C15H14/c1-46(31-25-23-29(24-26-31)34-18-10-20-37-35-16-5-7-22-40(35)47-42(34)37)32-14-8-13-30(27-32)43-44-39-21-6-4-17-38(39)41(45-43)36-19-9-12-28-11-2-3-15-33(28)36;1-15(2)13-9-5-3-7-11(13)12-8-4-6-10-14(12)15/h2-27H,1H3;3-10H,1-2H3. The third-order valence-corrected chi connectivity index (χ3v) is 12.6. The van der Waals surface area contributed by atoms with Gasteiger partial charge in [-0.3, -0.25) is 0 Å². The number of hydrogen-bond acceptors (Lipinski definition) is 4. The van der Waals surface area contributed by atoms with Gasteiger partial charge in [0.25, 0.3) is 0 Å². The molecular formula is C58H43N3O. The van der Waals surface area contributed by atoms with Crippen LogP contribution in [0.3, 0.4) is 0 Å². The van der Waals surface area contributed by atoms with Crippen LogP contribution in [0.4, 0.5) is 11.4 Å². The van der Waals surface area contributed by atoms with Crippen LogP contribution < -0.4 is 4.90 Å². The van der Waals surface area contributed by atoms with Crippen LogP contribution in [0.1, 0.15) is 25.0 Å². The van der Waals surface area contributed by atoms with E-state index in [0.717, 1.165) is 72.2 Å². The Kier molecular flexibility index (Phi) is 9.01. The molecule has 4 heteroatoms. The lowest BCUT2D eigenvalue weighted by molar-refractivity contribution is 0.660. The van der Waals surface area contributed by atoms with Crippen LogP contribution in [0.15, 0.2) is 211 Å². The molecule has 0 fully saturated rings. The van der Waals surface area contributed by atoms with Crippen molar-refractivity contribution in [3.63, 3.8) is 0 Å². The normalized spacial score (nSPS) is 12.6. The number of anilines is 2. The van der Waals surface area contributed by atoms with E-state index < -0.39 is 0 Å². The summed E-state index contributed by atoms with van der Waals surface area (Å²) in [6, 6.07) is 72.3. The molecule has 9 aromatic carbocycles. The molecule has 0 bridgehead atoms. The van der Waals surface area contributed by atoms with Gasteiger partial charge >= 0.3 is 0 Å². The molecule has 12 rings (SSSR count). The van der Waals surface area contributed by atoms with Crippen molar-refractivity contribution in [1.82, 2.24) is 9.97 Å². The predicted molar refractivity (Wildman–Crippen MR) is 259 cm³/mol. The van der Waals surface area contributed by atoms with Crippen LogP contribution in [0.2, 0.25) is 0 Å². The number of furan rings is 1. The average molecular weight is 798 g/mol. The zero-order chi connectivity index (χ0) is 41.8. The highest BCUT2D eigenvalue weighted by Gasteiger charge is 2.34. The van der Waals surface area contributed by atoms with E-state index in [1.807, 2.05) is 18.2 Å². The largest absolute Gasteiger partial charge is 0.455 e. The summed E-state index contributed by atoms with van der Waals surface area (Å²) in [6.07, 6.45) is 0. The minimum atomic E-state index is 0.160. The second-order valence-corrected chi connectivity index (χ2v) is 16.6. The fraction of sp³-hybridized carbons (Fsp3) is 0.0690. The van der Waals surface area contributed by atoms with Crippen molar-refractivity contribution in [3.8, 4) is 44.9 Å². The van der Waals surface area contributed by atoms with Crippen LogP contribution in [0.25, 0.3) is 88.5 Å². The van der Waals surface area contributed by atoms with Crippen molar-refractivity contribution in [3.05, 3.63) is 217 Å². The van der Waals surface area contributed by atoms with E-state index in [4.69, 9.17) is 14.4 Å². The molecule has 0 N–H and O–H groups in total. The van der Waals surface area contributed by atoms with Crippen molar-refractivity contribution in [2.45, 2.75) is 19.3 Å². The second kappa shape index (κ2) is 15.0. The Bertz CT molecular complexity index is 3420. The lowest BCUT2D eigenvalue weighted by Crippen LogP contribution is -2.14. The third-order valence-electron chi connectivity index (χ3n) is 12.6. The second-order valence-electron chi connectivity index (χ2n) is 16.6. The maximum absolute atomic E-state index is 6.30. The first-order valence-electron chi connectivity index (χ1n) is 21.2. The van der Waals surface area contributed by atoms with E-state index >= 15 is 0 Å². The molecule has 2 heterocycles. The molecule has 1 aliphatic rings. The van der Waals surface area contributed by atoms with Crippen LogP contribution in [0, 0.1) is 0 Å². The molecule has 0 amide bonds. The molecule has 62 heavy (non-hydrogen) atoms. The van der Waals surface area contributed by atoms with Crippen LogP contribution in [0.5, 0.6) is 0 Å². The summed E-state index contributed by atoms with van der Waals surface area (Å²) in [7, 11) is 2.09. The molecule has 0 saturated heterocycles. The number of fused-ring (bicyclic) bond motifs is 8. The van der Waals surface area contributed by atoms with Gasteiger partial charge in [-0.05, 0) is 75.0 Å². The van der Waals surface area contributed by atoms with Gasteiger partial charge in [0.05, 0.1) is 11.2 Å². The van der Waals surface area contributed by atoms with Crippen LogP contribution in [-0.2, 0) is 5.41 Å². The predicted octanol–water partition coefficient (Wildman–Crippen LogP) is 15.4. The van der Waals surface area contributed by atoms with Gasteiger partial charge in [0.2, 0.25) is 0 Å². The highest BCUT2D eigenvalue weighted by Crippen LogP contribution is 2.48. The molecule has 0 saturated carbocycles. The molecule has 0 radical (unpaired) electrons. The van der Waals surface area contributed by atoms with E-state index in [-0.39, 0.29) is 5.41 Å². The molecular weight excluding hydrogens is 755 g/mol. The first kappa shape index (κ1) is 37.2. The Hall–Kier alpha value is -7.82. The van der Waals surface area contributed by atoms with E-state index in [2.05, 4.69) is 214 Å². The van der Waals surface area contributed by atoms with E-state index in [9.17, 15) is 0 Å². The molecule has 1 aliphatic carbocycles. The minimum Gasteiger partial charge on any atom is -0.455 e. The Balaban J connectivity index is 0.000000242. The molecule has 0 atom stereocenters. The van der Waals surface area contributed by atoms with E-state index in [1.54, 1.807) is 0 Å². The van der Waals surface area contributed by atoms with Crippen molar-refractivity contribution in [1.29, 1.82) is 0 Å². The molecule has 296 valence electrons. The summed E-state index contributed by atoms with van der Waals surface area (Å²) in [4.78, 5) is 12.4. The van der Waals surface area contributed by atoms with Gasteiger partial charge in [0.1, 0.15) is 11.2 Å². The Morgan fingerprint density at radius 2 is 1.02 bits per heavy atom. The first-order chi connectivity index (χ1) is 30.4. The Morgan fingerprint density at radius 3 is 1.81 bits per heavy atom. The number of benzene rings is 9. The van der Waals surface area contributed by atoms with Crippen LogP contribution in [-0.4, -0.2) is 17.0 Å². The quantitative estimate of drug-likeness (QED) is 0.174. The molecule has 2 aromatic heterocycles. The van der Waals surface area contributed by atoms with Gasteiger partial charge in [0, 0.05) is 56.7 Å². The van der Waals surface area contributed by atoms with Crippen molar-refractivity contribution >= 4 is 55.0 Å². The number of hydrogen-bond donors (Lipinski definition) is 0. The fourth-order valence-corrected chi connectivity index (χ4v) is 9.36. The molecule has 0 unspecified atom stereocenters. The highest BCUT2D eigenvalue weighted by atomic mass is 16.3. The van der Waals surface area contributed by atoms with Crippen molar-refractivity contribution in [2.75, 3.05) is 11.9 Å². The van der Waals surface area contributed by atoms with Crippen molar-refractivity contribution < 1.29 is 4.42 Å². The smallest absolute Gasteiger partial charge is 0.160 e. The van der Waals surface area contributed by atoms with Gasteiger partial charge in [0.15, 0.2) is 5.82 Å². The summed E-state index contributed by atoms with van der Waals surface area (Å²) in [5.41, 5.74) is 16.0. The first-order valence-corrected chi connectivity index (χ1v) is 21.2. The average Bonchev–Trinajstić information content (AvgIpc) is 3.83. The zero-order valence-electron chi connectivity index (χ0n) is 34.9. The number of rotatable bonds is 5. The van der Waals surface area contributed by atoms with Crippen molar-refractivity contribution in [2.24, 2.45) is 0 Å². The summed E-state index contributed by atoms with van der Waals surface area (Å²) in [6.45, 7) is 4.61. The van der Waals surface area contributed by atoms with E-state index in [0.29, 0.717) is 5.82 Å². The molecule has 0 spiro atoms. The number of para-hydroxylation sites is 3. The highest BCUT2D eigenvalue weighted by molar-refractivity contribution is 6.09. The summed E-state index contributed by atoms with van der Waals surface area (Å²) < 4.78 is 6.30. The fourth-order valence-electron chi connectivity index (χ4n) is 9.36. The number of nitrogens with zero attached hydrogens (tertiary/aromatic N) is 3. The number of aromatic nitrogens is 2. The summed E-state index contributed by atoms with van der Waals surface area (Å²) in [5, 5.41) is 5.69.